The number of hydrogen-bond donors (Lipinski definition) is 2. The number of carboxylic acid groups (broad SMARTS) is 1. The predicted molar refractivity (Wildman–Crippen MR) is 78.4 cm³/mol. The molecule has 1 atom stereocenters. The van der Waals surface area contributed by atoms with Crippen molar-refractivity contribution in [1.29, 1.82) is 0 Å². The van der Waals surface area contributed by atoms with Crippen LogP contribution in [0.5, 0.6) is 0 Å². The SMILES string of the molecule is O=C(O)CC(O)CN1CCN(c2ccccc2Cl)CC1. The fourth-order valence-electron chi connectivity index (χ4n) is 2.44. The monoisotopic (exact) mass is 298 g/mol. The van der Waals surface area contributed by atoms with Gasteiger partial charge in [-0.15, -0.1) is 0 Å². The molecule has 1 aliphatic heterocycles. The lowest BCUT2D eigenvalue weighted by Gasteiger charge is -2.37. The highest BCUT2D eigenvalue weighted by Gasteiger charge is 2.21. The Hall–Kier alpha value is -1.30. The molecule has 0 radical (unpaired) electrons. The quantitative estimate of drug-likeness (QED) is 0.858. The number of aliphatic carboxylic acids is 1. The fourth-order valence-corrected chi connectivity index (χ4v) is 2.70. The van der Waals surface area contributed by atoms with E-state index in [2.05, 4.69) is 9.80 Å². The van der Waals surface area contributed by atoms with Crippen LogP contribution in [0.2, 0.25) is 5.02 Å². The summed E-state index contributed by atoms with van der Waals surface area (Å²) in [7, 11) is 0. The zero-order chi connectivity index (χ0) is 14.5. The van der Waals surface area contributed by atoms with Crippen LogP contribution >= 0.6 is 11.6 Å². The van der Waals surface area contributed by atoms with Gasteiger partial charge in [0.15, 0.2) is 0 Å². The van der Waals surface area contributed by atoms with Crippen molar-refractivity contribution in [1.82, 2.24) is 4.90 Å². The lowest BCUT2D eigenvalue weighted by atomic mass is 10.2. The Balaban J connectivity index is 1.84. The standard InChI is InChI=1S/C14H19ClN2O3/c15-12-3-1-2-4-13(12)17-7-5-16(6-8-17)10-11(18)9-14(19)20/h1-4,11,18H,5-10H2,(H,19,20). The number of β-amino-alcohol motifs (C(OH)–C–C–N with tert-alkyl or cyclic N) is 1. The number of anilines is 1. The van der Waals surface area contributed by atoms with E-state index in [-0.39, 0.29) is 6.42 Å². The molecule has 2 rings (SSSR count). The average Bonchev–Trinajstić information content (AvgIpc) is 2.39. The van der Waals surface area contributed by atoms with Crippen molar-refractivity contribution in [3.8, 4) is 0 Å². The molecule has 0 saturated carbocycles. The number of hydrogen-bond acceptors (Lipinski definition) is 4. The van der Waals surface area contributed by atoms with Crippen LogP contribution in [0.15, 0.2) is 24.3 Å². The van der Waals surface area contributed by atoms with Crippen molar-refractivity contribution in [2.45, 2.75) is 12.5 Å². The van der Waals surface area contributed by atoms with Gasteiger partial charge in [-0.3, -0.25) is 9.69 Å². The summed E-state index contributed by atoms with van der Waals surface area (Å²) < 4.78 is 0. The Morgan fingerprint density at radius 2 is 1.90 bits per heavy atom. The topological polar surface area (TPSA) is 64.0 Å². The molecule has 1 unspecified atom stereocenters. The number of para-hydroxylation sites is 1. The van der Waals surface area contributed by atoms with Gasteiger partial charge in [0.1, 0.15) is 0 Å². The van der Waals surface area contributed by atoms with E-state index in [0.717, 1.165) is 36.9 Å². The number of piperazine rings is 1. The maximum atomic E-state index is 10.5. The zero-order valence-corrected chi connectivity index (χ0v) is 12.0. The molecule has 110 valence electrons. The molecule has 1 aromatic rings. The van der Waals surface area contributed by atoms with Crippen LogP contribution in [0.3, 0.4) is 0 Å². The number of carbonyl (C=O) groups is 1. The van der Waals surface area contributed by atoms with Gasteiger partial charge in [0.25, 0.3) is 0 Å². The van der Waals surface area contributed by atoms with Gasteiger partial charge in [0, 0.05) is 32.7 Å². The van der Waals surface area contributed by atoms with Gasteiger partial charge in [0.2, 0.25) is 0 Å². The first-order valence-electron chi connectivity index (χ1n) is 6.68. The predicted octanol–water partition coefficient (Wildman–Crippen LogP) is 1.30. The molecule has 2 N–H and O–H groups in total. The number of halogens is 1. The molecular weight excluding hydrogens is 280 g/mol. The summed E-state index contributed by atoms with van der Waals surface area (Å²) in [5.74, 6) is -0.966. The maximum Gasteiger partial charge on any atom is 0.306 e. The first-order chi connectivity index (χ1) is 9.56. The molecule has 1 aliphatic rings. The summed E-state index contributed by atoms with van der Waals surface area (Å²) in [6.07, 6.45) is -1.01. The third kappa shape index (κ3) is 4.10. The molecule has 1 heterocycles. The highest BCUT2D eigenvalue weighted by atomic mass is 35.5. The molecule has 1 fully saturated rings. The Bertz CT molecular complexity index is 461. The second-order valence-electron chi connectivity index (χ2n) is 4.99. The summed E-state index contributed by atoms with van der Waals surface area (Å²) in [5, 5.41) is 19.0. The number of rotatable bonds is 5. The van der Waals surface area contributed by atoms with Crippen molar-refractivity contribution >= 4 is 23.3 Å². The fraction of sp³-hybridized carbons (Fsp3) is 0.500. The van der Waals surface area contributed by atoms with Gasteiger partial charge in [0.05, 0.1) is 23.2 Å². The summed E-state index contributed by atoms with van der Waals surface area (Å²) in [6, 6.07) is 7.74. The average molecular weight is 299 g/mol. The molecule has 0 aliphatic carbocycles. The Morgan fingerprint density at radius 1 is 1.25 bits per heavy atom. The largest absolute Gasteiger partial charge is 0.481 e. The molecule has 0 bridgehead atoms. The molecular formula is C14H19ClN2O3. The van der Waals surface area contributed by atoms with E-state index in [1.54, 1.807) is 0 Å². The van der Waals surface area contributed by atoms with Gasteiger partial charge >= 0.3 is 5.97 Å². The number of nitrogens with zero attached hydrogens (tertiary/aromatic N) is 2. The van der Waals surface area contributed by atoms with Crippen LogP contribution in [0.1, 0.15) is 6.42 Å². The van der Waals surface area contributed by atoms with Crippen LogP contribution in [-0.4, -0.2) is 59.9 Å². The zero-order valence-electron chi connectivity index (χ0n) is 11.2. The second-order valence-corrected chi connectivity index (χ2v) is 5.40. The minimum Gasteiger partial charge on any atom is -0.481 e. The van der Waals surface area contributed by atoms with E-state index in [1.165, 1.54) is 0 Å². The number of aliphatic hydroxyl groups is 1. The summed E-state index contributed by atoms with van der Waals surface area (Å²) >= 11 is 6.18. The van der Waals surface area contributed by atoms with E-state index in [4.69, 9.17) is 16.7 Å². The van der Waals surface area contributed by atoms with Crippen LogP contribution in [-0.2, 0) is 4.79 Å². The lowest BCUT2D eigenvalue weighted by molar-refractivity contribution is -0.139. The van der Waals surface area contributed by atoms with Gasteiger partial charge in [-0.1, -0.05) is 23.7 Å². The van der Waals surface area contributed by atoms with Crippen LogP contribution in [0.25, 0.3) is 0 Å². The Kier molecular flexibility index (Phi) is 5.23. The molecule has 1 aromatic carbocycles. The van der Waals surface area contributed by atoms with Crippen LogP contribution in [0.4, 0.5) is 5.69 Å². The van der Waals surface area contributed by atoms with Crippen molar-refractivity contribution in [2.24, 2.45) is 0 Å². The molecule has 0 amide bonds. The third-order valence-electron chi connectivity index (χ3n) is 3.44. The maximum absolute atomic E-state index is 10.5. The molecule has 1 saturated heterocycles. The van der Waals surface area contributed by atoms with Crippen molar-refractivity contribution in [3.63, 3.8) is 0 Å². The molecule has 20 heavy (non-hydrogen) atoms. The van der Waals surface area contributed by atoms with E-state index >= 15 is 0 Å². The van der Waals surface area contributed by atoms with E-state index in [0.29, 0.717) is 6.54 Å². The minimum absolute atomic E-state index is 0.204. The highest BCUT2D eigenvalue weighted by Crippen LogP contribution is 2.25. The third-order valence-corrected chi connectivity index (χ3v) is 3.76. The van der Waals surface area contributed by atoms with Gasteiger partial charge < -0.3 is 15.1 Å². The van der Waals surface area contributed by atoms with Crippen LogP contribution < -0.4 is 4.90 Å². The van der Waals surface area contributed by atoms with Crippen LogP contribution in [0, 0.1) is 0 Å². The second kappa shape index (κ2) is 6.92. The van der Waals surface area contributed by atoms with E-state index < -0.39 is 12.1 Å². The summed E-state index contributed by atoms with van der Waals surface area (Å²) in [4.78, 5) is 14.8. The van der Waals surface area contributed by atoms with E-state index in [1.807, 2.05) is 24.3 Å². The first kappa shape index (κ1) is 15.1. The summed E-state index contributed by atoms with van der Waals surface area (Å²) in [6.45, 7) is 3.64. The minimum atomic E-state index is -0.966. The number of benzene rings is 1. The van der Waals surface area contributed by atoms with Crippen molar-refractivity contribution in [3.05, 3.63) is 29.3 Å². The molecule has 0 aromatic heterocycles. The molecule has 0 spiro atoms. The highest BCUT2D eigenvalue weighted by molar-refractivity contribution is 6.33. The summed E-state index contributed by atoms with van der Waals surface area (Å²) in [5.41, 5.74) is 1.03. The Morgan fingerprint density at radius 3 is 2.50 bits per heavy atom. The van der Waals surface area contributed by atoms with Gasteiger partial charge in [-0.25, -0.2) is 0 Å². The number of carboxylic acids is 1. The number of aliphatic hydroxyl groups excluding tert-OH is 1. The first-order valence-corrected chi connectivity index (χ1v) is 7.06. The normalized spacial score (nSPS) is 18.0. The van der Waals surface area contributed by atoms with Crippen molar-refractivity contribution < 1.29 is 15.0 Å². The van der Waals surface area contributed by atoms with E-state index in [9.17, 15) is 9.90 Å². The molecule has 6 heteroatoms. The molecule has 5 nitrogen and oxygen atoms in total. The van der Waals surface area contributed by atoms with Gasteiger partial charge in [-0.05, 0) is 12.1 Å². The Labute approximate surface area is 123 Å². The lowest BCUT2D eigenvalue weighted by Crippen LogP contribution is -2.48. The smallest absolute Gasteiger partial charge is 0.306 e. The van der Waals surface area contributed by atoms with Gasteiger partial charge in [-0.2, -0.15) is 0 Å². The van der Waals surface area contributed by atoms with Crippen molar-refractivity contribution in [2.75, 3.05) is 37.6 Å².